The molecule has 0 saturated carbocycles. The van der Waals surface area contributed by atoms with Crippen molar-refractivity contribution in [2.75, 3.05) is 45.1 Å². The summed E-state index contributed by atoms with van der Waals surface area (Å²) < 4.78 is 0. The lowest BCUT2D eigenvalue weighted by Gasteiger charge is -2.34. The van der Waals surface area contributed by atoms with Crippen molar-refractivity contribution in [1.29, 1.82) is 0 Å². The molecule has 0 aromatic heterocycles. The molecular formula is C14H19ClN4O2. The summed E-state index contributed by atoms with van der Waals surface area (Å²) in [7, 11) is 1.62. The van der Waals surface area contributed by atoms with Crippen molar-refractivity contribution in [1.82, 2.24) is 15.1 Å². The number of nitrogens with zero attached hydrogens (tertiary/aromatic N) is 2. The highest BCUT2D eigenvalue weighted by molar-refractivity contribution is 6.30. The summed E-state index contributed by atoms with van der Waals surface area (Å²) in [4.78, 5) is 27.2. The minimum atomic E-state index is -0.128. The van der Waals surface area contributed by atoms with E-state index in [0.717, 1.165) is 5.69 Å². The molecule has 2 N–H and O–H groups in total. The Bertz CT molecular complexity index is 498. The van der Waals surface area contributed by atoms with Crippen LogP contribution in [0.3, 0.4) is 0 Å². The van der Waals surface area contributed by atoms with Crippen LogP contribution in [0, 0.1) is 0 Å². The van der Waals surface area contributed by atoms with E-state index in [0.29, 0.717) is 37.7 Å². The minimum Gasteiger partial charge on any atom is -0.358 e. The van der Waals surface area contributed by atoms with Gasteiger partial charge in [0.25, 0.3) is 0 Å². The van der Waals surface area contributed by atoms with Crippen LogP contribution in [0.5, 0.6) is 0 Å². The molecule has 114 valence electrons. The van der Waals surface area contributed by atoms with E-state index in [-0.39, 0.29) is 11.9 Å². The zero-order valence-electron chi connectivity index (χ0n) is 11.9. The number of anilines is 1. The van der Waals surface area contributed by atoms with Crippen LogP contribution in [0.2, 0.25) is 5.02 Å². The second-order valence-corrected chi connectivity index (χ2v) is 5.31. The second-order valence-electron chi connectivity index (χ2n) is 4.87. The summed E-state index contributed by atoms with van der Waals surface area (Å²) in [5, 5.41) is 6.07. The molecule has 0 aliphatic carbocycles. The first kappa shape index (κ1) is 15.6. The summed E-state index contributed by atoms with van der Waals surface area (Å²) in [6.07, 6.45) is 0. The highest BCUT2D eigenvalue weighted by Crippen LogP contribution is 2.14. The minimum absolute atomic E-state index is 0.00549. The molecule has 21 heavy (non-hydrogen) atoms. The standard InChI is InChI=1S/C14H19ClN4O2/c1-16-13(20)10-18-6-8-19(9-7-18)14(21)17-12-4-2-11(15)3-5-12/h2-5H,6-10H2,1H3,(H,16,20)(H,17,21). The van der Waals surface area contributed by atoms with Crippen LogP contribution in [0.25, 0.3) is 0 Å². The van der Waals surface area contributed by atoms with Crippen molar-refractivity contribution in [2.24, 2.45) is 0 Å². The zero-order chi connectivity index (χ0) is 15.2. The molecule has 7 heteroatoms. The Morgan fingerprint density at radius 3 is 2.33 bits per heavy atom. The topological polar surface area (TPSA) is 64.7 Å². The quantitative estimate of drug-likeness (QED) is 0.883. The van der Waals surface area contributed by atoms with Crippen molar-refractivity contribution < 1.29 is 9.59 Å². The van der Waals surface area contributed by atoms with E-state index in [2.05, 4.69) is 10.6 Å². The number of benzene rings is 1. The third-order valence-corrected chi connectivity index (χ3v) is 3.65. The van der Waals surface area contributed by atoms with Gasteiger partial charge >= 0.3 is 6.03 Å². The van der Waals surface area contributed by atoms with Crippen LogP contribution in [-0.4, -0.2) is 61.5 Å². The summed E-state index contributed by atoms with van der Waals surface area (Å²) in [5.41, 5.74) is 0.720. The van der Waals surface area contributed by atoms with Gasteiger partial charge in [-0.2, -0.15) is 0 Å². The van der Waals surface area contributed by atoms with E-state index in [1.807, 2.05) is 4.90 Å². The molecule has 0 atom stereocenters. The van der Waals surface area contributed by atoms with Crippen LogP contribution < -0.4 is 10.6 Å². The van der Waals surface area contributed by atoms with E-state index < -0.39 is 0 Å². The summed E-state index contributed by atoms with van der Waals surface area (Å²) in [5.74, 6) is -0.00549. The lowest BCUT2D eigenvalue weighted by Crippen LogP contribution is -2.51. The maximum Gasteiger partial charge on any atom is 0.321 e. The van der Waals surface area contributed by atoms with Gasteiger partial charge in [0.2, 0.25) is 5.91 Å². The predicted molar refractivity (Wildman–Crippen MR) is 82.6 cm³/mol. The van der Waals surface area contributed by atoms with Gasteiger partial charge in [-0.15, -0.1) is 0 Å². The molecule has 0 spiro atoms. The second kappa shape index (κ2) is 7.28. The first-order valence-corrected chi connectivity index (χ1v) is 7.20. The number of hydrogen-bond acceptors (Lipinski definition) is 3. The fourth-order valence-electron chi connectivity index (χ4n) is 2.13. The Morgan fingerprint density at radius 1 is 1.14 bits per heavy atom. The number of nitrogens with one attached hydrogen (secondary N) is 2. The molecule has 1 heterocycles. The summed E-state index contributed by atoms with van der Waals surface area (Å²) in [6, 6.07) is 6.87. The Kier molecular flexibility index (Phi) is 5.41. The Balaban J connectivity index is 1.80. The molecule has 1 aliphatic rings. The lowest BCUT2D eigenvalue weighted by atomic mass is 10.3. The van der Waals surface area contributed by atoms with Gasteiger partial charge in [0.1, 0.15) is 0 Å². The monoisotopic (exact) mass is 310 g/mol. The van der Waals surface area contributed by atoms with Crippen molar-refractivity contribution >= 4 is 29.2 Å². The molecule has 1 aromatic rings. The van der Waals surface area contributed by atoms with Gasteiger partial charge < -0.3 is 15.5 Å². The molecule has 1 aliphatic heterocycles. The van der Waals surface area contributed by atoms with Gasteiger partial charge in [-0.3, -0.25) is 9.69 Å². The number of likely N-dealkylation sites (N-methyl/N-ethyl adjacent to an activating group) is 1. The van der Waals surface area contributed by atoms with Gasteiger partial charge in [-0.1, -0.05) is 11.6 Å². The van der Waals surface area contributed by atoms with Gasteiger partial charge in [0, 0.05) is 43.9 Å². The van der Waals surface area contributed by atoms with Crippen LogP contribution in [0.4, 0.5) is 10.5 Å². The molecule has 1 fully saturated rings. The number of hydrogen-bond donors (Lipinski definition) is 2. The van der Waals surface area contributed by atoms with Crippen molar-refractivity contribution in [3.05, 3.63) is 29.3 Å². The van der Waals surface area contributed by atoms with Crippen LogP contribution in [-0.2, 0) is 4.79 Å². The number of piperazine rings is 1. The Hall–Kier alpha value is -1.79. The third-order valence-electron chi connectivity index (χ3n) is 3.40. The number of amides is 3. The zero-order valence-corrected chi connectivity index (χ0v) is 12.7. The van der Waals surface area contributed by atoms with Gasteiger partial charge in [0.05, 0.1) is 6.54 Å². The molecule has 1 saturated heterocycles. The van der Waals surface area contributed by atoms with Gasteiger partial charge in [0.15, 0.2) is 0 Å². The van der Waals surface area contributed by atoms with Gasteiger partial charge in [-0.25, -0.2) is 4.79 Å². The molecule has 6 nitrogen and oxygen atoms in total. The van der Waals surface area contributed by atoms with Crippen LogP contribution >= 0.6 is 11.6 Å². The summed E-state index contributed by atoms with van der Waals surface area (Å²) in [6.45, 7) is 2.99. The first-order valence-electron chi connectivity index (χ1n) is 6.83. The number of carbonyl (C=O) groups is 2. The number of carbonyl (C=O) groups excluding carboxylic acids is 2. The maximum absolute atomic E-state index is 12.1. The van der Waals surface area contributed by atoms with E-state index in [1.54, 1.807) is 36.2 Å². The number of urea groups is 1. The Morgan fingerprint density at radius 2 is 1.76 bits per heavy atom. The molecule has 0 radical (unpaired) electrons. The largest absolute Gasteiger partial charge is 0.358 e. The SMILES string of the molecule is CNC(=O)CN1CCN(C(=O)Nc2ccc(Cl)cc2)CC1. The molecule has 3 amide bonds. The predicted octanol–water partition coefficient (Wildman–Crippen LogP) is 1.24. The number of rotatable bonds is 3. The summed E-state index contributed by atoms with van der Waals surface area (Å²) >= 11 is 5.81. The first-order chi connectivity index (χ1) is 10.1. The Labute approximate surface area is 129 Å². The van der Waals surface area contributed by atoms with Gasteiger partial charge in [-0.05, 0) is 24.3 Å². The average molecular weight is 311 g/mol. The van der Waals surface area contributed by atoms with E-state index in [4.69, 9.17) is 11.6 Å². The molecule has 1 aromatic carbocycles. The molecular weight excluding hydrogens is 292 g/mol. The van der Waals surface area contributed by atoms with Crippen molar-refractivity contribution in [3.63, 3.8) is 0 Å². The normalized spacial score (nSPS) is 15.6. The third kappa shape index (κ3) is 4.61. The average Bonchev–Trinajstić information content (AvgIpc) is 2.50. The van der Waals surface area contributed by atoms with E-state index in [1.165, 1.54) is 0 Å². The van der Waals surface area contributed by atoms with E-state index >= 15 is 0 Å². The highest BCUT2D eigenvalue weighted by Gasteiger charge is 2.22. The fraction of sp³-hybridized carbons (Fsp3) is 0.429. The molecule has 0 bridgehead atoms. The molecule has 2 rings (SSSR count). The highest BCUT2D eigenvalue weighted by atomic mass is 35.5. The number of halogens is 1. The van der Waals surface area contributed by atoms with Crippen LogP contribution in [0.1, 0.15) is 0 Å². The maximum atomic E-state index is 12.1. The fourth-order valence-corrected chi connectivity index (χ4v) is 2.25. The lowest BCUT2D eigenvalue weighted by molar-refractivity contribution is -0.122. The van der Waals surface area contributed by atoms with Crippen molar-refractivity contribution in [3.8, 4) is 0 Å². The van der Waals surface area contributed by atoms with Crippen molar-refractivity contribution in [2.45, 2.75) is 0 Å². The van der Waals surface area contributed by atoms with E-state index in [9.17, 15) is 9.59 Å². The van der Waals surface area contributed by atoms with Crippen LogP contribution in [0.15, 0.2) is 24.3 Å². The smallest absolute Gasteiger partial charge is 0.321 e. The molecule has 0 unspecified atom stereocenters.